The summed E-state index contributed by atoms with van der Waals surface area (Å²) < 4.78 is 13.8. The lowest BCUT2D eigenvalue weighted by Gasteiger charge is -2.21. The highest BCUT2D eigenvalue weighted by Crippen LogP contribution is 2.36. The van der Waals surface area contributed by atoms with Crippen molar-refractivity contribution in [1.29, 1.82) is 0 Å². The maximum Gasteiger partial charge on any atom is 0.338 e. The van der Waals surface area contributed by atoms with Crippen LogP contribution < -0.4 is 4.90 Å². The van der Waals surface area contributed by atoms with E-state index in [0.29, 0.717) is 0 Å². The second-order valence-corrected chi connectivity index (χ2v) is 4.25. The molecule has 0 saturated heterocycles. The van der Waals surface area contributed by atoms with E-state index in [1.54, 1.807) is 6.07 Å². The maximum atomic E-state index is 13.8. The fraction of sp³-hybridized carbons (Fsp3) is 0.0714. The minimum Gasteiger partial charge on any atom is -0.478 e. The van der Waals surface area contributed by atoms with Gasteiger partial charge in [-0.2, -0.15) is 0 Å². The molecule has 6 nitrogen and oxygen atoms in total. The van der Waals surface area contributed by atoms with Crippen LogP contribution in [-0.4, -0.2) is 23.0 Å². The molecule has 0 aromatic heterocycles. The summed E-state index contributed by atoms with van der Waals surface area (Å²) in [5, 5.41) is 20.3. The molecule has 2 rings (SSSR count). The van der Waals surface area contributed by atoms with Crippen LogP contribution in [0, 0.1) is 15.9 Å². The highest BCUT2D eigenvalue weighted by Gasteiger charge is 2.26. The quantitative estimate of drug-likeness (QED) is 0.690. The van der Waals surface area contributed by atoms with Crippen molar-refractivity contribution < 1.29 is 19.2 Å². The van der Waals surface area contributed by atoms with Crippen LogP contribution in [0.4, 0.5) is 21.5 Å². The van der Waals surface area contributed by atoms with Crippen molar-refractivity contribution >= 4 is 23.0 Å². The van der Waals surface area contributed by atoms with E-state index >= 15 is 0 Å². The zero-order chi connectivity index (χ0) is 15.6. The predicted octanol–water partition coefficient (Wildman–Crippen LogP) is 3.20. The Bertz CT molecular complexity index is 686. The van der Waals surface area contributed by atoms with Crippen molar-refractivity contribution in [3.63, 3.8) is 0 Å². The molecule has 0 aliphatic carbocycles. The van der Waals surface area contributed by atoms with E-state index in [0.717, 1.165) is 4.90 Å². The largest absolute Gasteiger partial charge is 0.478 e. The van der Waals surface area contributed by atoms with E-state index in [2.05, 4.69) is 0 Å². The smallest absolute Gasteiger partial charge is 0.338 e. The highest BCUT2D eigenvalue weighted by atomic mass is 19.1. The first-order chi connectivity index (χ1) is 9.93. The van der Waals surface area contributed by atoms with Crippen LogP contribution in [0.5, 0.6) is 0 Å². The number of carboxylic acids is 1. The van der Waals surface area contributed by atoms with Crippen molar-refractivity contribution in [1.82, 2.24) is 0 Å². The van der Waals surface area contributed by atoms with Gasteiger partial charge in [-0.1, -0.05) is 18.2 Å². The molecule has 108 valence electrons. The third-order valence-corrected chi connectivity index (χ3v) is 2.99. The molecule has 7 heteroatoms. The number of nitrogens with zero attached hydrogens (tertiary/aromatic N) is 2. The summed E-state index contributed by atoms with van der Waals surface area (Å²) in [6.45, 7) is 0. The number of rotatable bonds is 4. The number of nitro groups is 1. The van der Waals surface area contributed by atoms with Crippen molar-refractivity contribution in [3.8, 4) is 0 Å². The minimum absolute atomic E-state index is 0.0503. The number of halogens is 1. The summed E-state index contributed by atoms with van der Waals surface area (Å²) in [6.07, 6.45) is 0. The Hall–Kier alpha value is -2.96. The SMILES string of the molecule is CN(c1ccccc1F)c1c(C(=O)O)cccc1[N+](=O)[O-]. The number of benzene rings is 2. The lowest BCUT2D eigenvalue weighted by Crippen LogP contribution is -2.17. The van der Waals surface area contributed by atoms with Crippen LogP contribution in [0.2, 0.25) is 0 Å². The van der Waals surface area contributed by atoms with Gasteiger partial charge in [-0.05, 0) is 18.2 Å². The Kier molecular flexibility index (Phi) is 3.84. The van der Waals surface area contributed by atoms with E-state index in [4.69, 9.17) is 0 Å². The summed E-state index contributed by atoms with van der Waals surface area (Å²) in [6, 6.07) is 9.34. The molecule has 0 atom stereocenters. The Balaban J connectivity index is 2.69. The van der Waals surface area contributed by atoms with Crippen LogP contribution in [-0.2, 0) is 0 Å². The van der Waals surface area contributed by atoms with Crippen molar-refractivity contribution in [2.24, 2.45) is 0 Å². The maximum absolute atomic E-state index is 13.8. The summed E-state index contributed by atoms with van der Waals surface area (Å²) in [5.41, 5.74) is -0.787. The van der Waals surface area contributed by atoms with Gasteiger partial charge in [0.1, 0.15) is 11.5 Å². The van der Waals surface area contributed by atoms with Gasteiger partial charge in [0.15, 0.2) is 0 Å². The fourth-order valence-corrected chi connectivity index (χ4v) is 2.05. The highest BCUT2D eigenvalue weighted by molar-refractivity contribution is 5.98. The molecular weight excluding hydrogens is 279 g/mol. The summed E-state index contributed by atoms with van der Waals surface area (Å²) in [7, 11) is 1.38. The lowest BCUT2D eigenvalue weighted by atomic mass is 10.1. The molecule has 0 radical (unpaired) electrons. The van der Waals surface area contributed by atoms with Gasteiger partial charge >= 0.3 is 5.97 Å². The standard InChI is InChI=1S/C14H11FN2O4/c1-16(11-7-3-2-6-10(11)15)13-9(14(18)19)5-4-8-12(13)17(20)21/h2-8H,1H3,(H,18,19). The first-order valence-corrected chi connectivity index (χ1v) is 5.92. The number of nitro benzene ring substituents is 1. The number of para-hydroxylation sites is 2. The van der Waals surface area contributed by atoms with Crippen LogP contribution in [0.3, 0.4) is 0 Å². The zero-order valence-corrected chi connectivity index (χ0v) is 11.0. The van der Waals surface area contributed by atoms with Crippen LogP contribution >= 0.6 is 0 Å². The molecule has 1 N–H and O–H groups in total. The second-order valence-electron chi connectivity index (χ2n) is 4.25. The van der Waals surface area contributed by atoms with E-state index in [-0.39, 0.29) is 16.9 Å². The van der Waals surface area contributed by atoms with Gasteiger partial charge in [0.05, 0.1) is 16.2 Å². The van der Waals surface area contributed by atoms with E-state index in [9.17, 15) is 24.4 Å². The van der Waals surface area contributed by atoms with Crippen molar-refractivity contribution in [2.45, 2.75) is 0 Å². The molecule has 2 aromatic carbocycles. The molecule has 0 unspecified atom stereocenters. The third-order valence-electron chi connectivity index (χ3n) is 2.99. The van der Waals surface area contributed by atoms with Crippen LogP contribution in [0.25, 0.3) is 0 Å². The Morgan fingerprint density at radius 1 is 1.24 bits per heavy atom. The molecule has 0 heterocycles. The first kappa shape index (κ1) is 14.4. The number of hydrogen-bond donors (Lipinski definition) is 1. The Morgan fingerprint density at radius 2 is 1.90 bits per heavy atom. The summed E-state index contributed by atoms with van der Waals surface area (Å²) >= 11 is 0. The van der Waals surface area contributed by atoms with Crippen LogP contribution in [0.15, 0.2) is 42.5 Å². The van der Waals surface area contributed by atoms with Crippen LogP contribution in [0.1, 0.15) is 10.4 Å². The predicted molar refractivity (Wildman–Crippen MR) is 74.5 cm³/mol. The molecule has 2 aromatic rings. The average Bonchev–Trinajstić information content (AvgIpc) is 2.46. The van der Waals surface area contributed by atoms with E-state index in [1.807, 2.05) is 0 Å². The van der Waals surface area contributed by atoms with Gasteiger partial charge in [0, 0.05) is 13.1 Å². The van der Waals surface area contributed by atoms with Crippen molar-refractivity contribution in [3.05, 3.63) is 64.0 Å². The van der Waals surface area contributed by atoms with Gasteiger partial charge in [-0.25, -0.2) is 9.18 Å². The van der Waals surface area contributed by atoms with Gasteiger partial charge in [0.2, 0.25) is 0 Å². The summed E-state index contributed by atoms with van der Waals surface area (Å²) in [5.74, 6) is -1.92. The molecule has 0 aliphatic rings. The minimum atomic E-state index is -1.32. The monoisotopic (exact) mass is 290 g/mol. The topological polar surface area (TPSA) is 83.7 Å². The normalized spacial score (nSPS) is 10.2. The Morgan fingerprint density at radius 3 is 2.48 bits per heavy atom. The fourth-order valence-electron chi connectivity index (χ4n) is 2.05. The van der Waals surface area contributed by atoms with E-state index in [1.165, 1.54) is 43.4 Å². The molecule has 0 saturated carbocycles. The number of aromatic carboxylic acids is 1. The van der Waals surface area contributed by atoms with E-state index < -0.39 is 22.4 Å². The molecule has 0 aliphatic heterocycles. The summed E-state index contributed by atoms with van der Waals surface area (Å²) in [4.78, 5) is 22.9. The third kappa shape index (κ3) is 2.66. The zero-order valence-electron chi connectivity index (χ0n) is 11.0. The average molecular weight is 290 g/mol. The number of carboxylic acid groups (broad SMARTS) is 1. The van der Waals surface area contributed by atoms with Crippen molar-refractivity contribution in [2.75, 3.05) is 11.9 Å². The molecule has 0 fully saturated rings. The number of hydrogen-bond acceptors (Lipinski definition) is 4. The van der Waals surface area contributed by atoms with Gasteiger partial charge in [0.25, 0.3) is 5.69 Å². The molecule has 0 amide bonds. The second kappa shape index (κ2) is 5.58. The first-order valence-electron chi connectivity index (χ1n) is 5.92. The van der Waals surface area contributed by atoms with Gasteiger partial charge in [-0.15, -0.1) is 0 Å². The Labute approximate surface area is 119 Å². The molecule has 21 heavy (non-hydrogen) atoms. The lowest BCUT2D eigenvalue weighted by molar-refractivity contribution is -0.384. The van der Waals surface area contributed by atoms with Gasteiger partial charge in [-0.3, -0.25) is 10.1 Å². The number of carbonyl (C=O) groups is 1. The number of anilines is 2. The molecule has 0 spiro atoms. The van der Waals surface area contributed by atoms with Gasteiger partial charge < -0.3 is 10.0 Å². The molecule has 0 bridgehead atoms. The molecular formula is C14H11FN2O4.